The summed E-state index contributed by atoms with van der Waals surface area (Å²) in [7, 11) is 0. The third-order valence-electron chi connectivity index (χ3n) is 4.73. The lowest BCUT2D eigenvalue weighted by Crippen LogP contribution is -2.57. The normalized spacial score (nSPS) is 17.8. The predicted octanol–water partition coefficient (Wildman–Crippen LogP) is 2.02. The van der Waals surface area contributed by atoms with Crippen molar-refractivity contribution in [1.82, 2.24) is 10.2 Å². The fourth-order valence-electron chi connectivity index (χ4n) is 3.41. The first-order valence-corrected chi connectivity index (χ1v) is 8.78. The van der Waals surface area contributed by atoms with Crippen LogP contribution in [0.25, 0.3) is 11.0 Å². The van der Waals surface area contributed by atoms with E-state index in [0.717, 1.165) is 23.8 Å². The summed E-state index contributed by atoms with van der Waals surface area (Å²) < 4.78 is 5.82. The molecule has 1 atom stereocenters. The lowest BCUT2D eigenvalue weighted by molar-refractivity contribution is -0.128. The Kier molecular flexibility index (Phi) is 5.08. The number of benzene rings is 1. The van der Waals surface area contributed by atoms with Crippen LogP contribution >= 0.6 is 0 Å². The molecular formula is C19H24N2O4. The van der Waals surface area contributed by atoms with Crippen LogP contribution < -0.4 is 5.32 Å². The maximum Gasteiger partial charge on any atom is 0.290 e. The highest BCUT2D eigenvalue weighted by molar-refractivity contribution is 6.01. The Hall–Kier alpha value is -2.34. The van der Waals surface area contributed by atoms with E-state index in [1.807, 2.05) is 19.1 Å². The molecule has 0 spiro atoms. The second kappa shape index (κ2) is 7.27. The molecule has 1 fully saturated rings. The number of hydrogen-bond donors (Lipinski definition) is 2. The van der Waals surface area contributed by atoms with Crippen molar-refractivity contribution in [3.8, 4) is 0 Å². The van der Waals surface area contributed by atoms with E-state index in [9.17, 15) is 14.7 Å². The molecule has 1 aromatic carbocycles. The van der Waals surface area contributed by atoms with Gasteiger partial charge in [0.15, 0.2) is 5.76 Å². The number of fused-ring (bicyclic) bond motifs is 1. The van der Waals surface area contributed by atoms with Crippen LogP contribution in [0.4, 0.5) is 0 Å². The average molecular weight is 344 g/mol. The minimum Gasteiger partial charge on any atom is -0.451 e. The van der Waals surface area contributed by atoms with Gasteiger partial charge < -0.3 is 19.7 Å². The summed E-state index contributed by atoms with van der Waals surface area (Å²) in [4.78, 5) is 26.6. The molecule has 1 aliphatic rings. The van der Waals surface area contributed by atoms with Gasteiger partial charge in [-0.2, -0.15) is 0 Å². The summed E-state index contributed by atoms with van der Waals surface area (Å²) in [5.41, 5.74) is 2.70. The van der Waals surface area contributed by atoms with E-state index in [-0.39, 0.29) is 30.6 Å². The molecule has 25 heavy (non-hydrogen) atoms. The molecule has 2 amide bonds. The number of aryl methyl sites for hydroxylation is 2. The van der Waals surface area contributed by atoms with Crippen LogP contribution in [0.3, 0.4) is 0 Å². The molecule has 1 aromatic heterocycles. The molecule has 0 aliphatic carbocycles. The third-order valence-corrected chi connectivity index (χ3v) is 4.73. The number of aliphatic hydroxyl groups is 1. The second-order valence-electron chi connectivity index (χ2n) is 6.45. The van der Waals surface area contributed by atoms with E-state index >= 15 is 0 Å². The fraction of sp³-hybridized carbons (Fsp3) is 0.474. The topological polar surface area (TPSA) is 82.8 Å². The fourth-order valence-corrected chi connectivity index (χ4v) is 3.41. The zero-order chi connectivity index (χ0) is 18.0. The number of rotatable bonds is 5. The van der Waals surface area contributed by atoms with E-state index in [4.69, 9.17) is 4.42 Å². The molecular weight excluding hydrogens is 320 g/mol. The van der Waals surface area contributed by atoms with Crippen molar-refractivity contribution < 1.29 is 19.1 Å². The monoisotopic (exact) mass is 344 g/mol. The first-order valence-electron chi connectivity index (χ1n) is 8.78. The van der Waals surface area contributed by atoms with Gasteiger partial charge in [0, 0.05) is 30.6 Å². The number of carbonyl (C=O) groups excluding carboxylic acids is 2. The largest absolute Gasteiger partial charge is 0.451 e. The summed E-state index contributed by atoms with van der Waals surface area (Å²) in [6.45, 7) is 4.67. The van der Waals surface area contributed by atoms with Crippen LogP contribution in [0.15, 0.2) is 22.6 Å². The molecule has 2 aromatic rings. The molecule has 1 unspecified atom stereocenters. The summed E-state index contributed by atoms with van der Waals surface area (Å²) in [5.74, 6) is -0.243. The summed E-state index contributed by atoms with van der Waals surface area (Å²) in [6.07, 6.45) is 2.26. The van der Waals surface area contributed by atoms with Crippen LogP contribution in [0.1, 0.15) is 41.4 Å². The van der Waals surface area contributed by atoms with Gasteiger partial charge >= 0.3 is 0 Å². The van der Waals surface area contributed by atoms with Gasteiger partial charge in [0.05, 0.1) is 0 Å². The molecule has 3 rings (SSSR count). The van der Waals surface area contributed by atoms with E-state index < -0.39 is 6.04 Å². The molecule has 1 saturated heterocycles. The molecule has 134 valence electrons. The van der Waals surface area contributed by atoms with E-state index in [1.165, 1.54) is 10.5 Å². The third kappa shape index (κ3) is 3.26. The van der Waals surface area contributed by atoms with E-state index in [1.54, 1.807) is 0 Å². The van der Waals surface area contributed by atoms with Gasteiger partial charge in [0.1, 0.15) is 11.6 Å². The average Bonchev–Trinajstić information content (AvgIpc) is 2.93. The molecule has 0 saturated carbocycles. The number of nitrogens with zero attached hydrogens (tertiary/aromatic N) is 1. The smallest absolute Gasteiger partial charge is 0.290 e. The maximum atomic E-state index is 13.0. The van der Waals surface area contributed by atoms with Crippen molar-refractivity contribution in [2.24, 2.45) is 0 Å². The minimum atomic E-state index is -0.658. The maximum absolute atomic E-state index is 13.0. The van der Waals surface area contributed by atoms with Gasteiger partial charge in [0.25, 0.3) is 5.91 Å². The van der Waals surface area contributed by atoms with Crippen LogP contribution in [0, 0.1) is 6.92 Å². The zero-order valence-electron chi connectivity index (χ0n) is 14.7. The van der Waals surface area contributed by atoms with Gasteiger partial charge in [0.2, 0.25) is 5.91 Å². The van der Waals surface area contributed by atoms with Crippen LogP contribution in [0.2, 0.25) is 0 Å². The quantitative estimate of drug-likeness (QED) is 0.869. The Morgan fingerprint density at radius 3 is 2.96 bits per heavy atom. The Morgan fingerprint density at radius 1 is 1.44 bits per heavy atom. The Balaban J connectivity index is 1.95. The molecule has 6 heteroatoms. The van der Waals surface area contributed by atoms with Crippen LogP contribution in [-0.2, 0) is 11.2 Å². The first kappa shape index (κ1) is 17.5. The van der Waals surface area contributed by atoms with E-state index in [0.29, 0.717) is 18.7 Å². The first-order chi connectivity index (χ1) is 12.1. The van der Waals surface area contributed by atoms with Crippen molar-refractivity contribution in [2.45, 2.75) is 39.2 Å². The highest BCUT2D eigenvalue weighted by atomic mass is 16.3. The van der Waals surface area contributed by atoms with Crippen molar-refractivity contribution in [1.29, 1.82) is 0 Å². The van der Waals surface area contributed by atoms with Crippen LogP contribution in [-0.4, -0.2) is 47.6 Å². The van der Waals surface area contributed by atoms with Gasteiger partial charge in [-0.25, -0.2) is 0 Å². The molecule has 1 aliphatic heterocycles. The molecule has 0 bridgehead atoms. The number of piperazine rings is 1. The Bertz CT molecular complexity index is 796. The lowest BCUT2D eigenvalue weighted by Gasteiger charge is -2.34. The Labute approximate surface area is 146 Å². The number of furan rings is 1. The van der Waals surface area contributed by atoms with Crippen molar-refractivity contribution in [3.05, 3.63) is 35.1 Å². The van der Waals surface area contributed by atoms with Gasteiger partial charge in [-0.15, -0.1) is 0 Å². The predicted molar refractivity (Wildman–Crippen MR) is 94.5 cm³/mol. The molecule has 0 radical (unpaired) electrons. The minimum absolute atomic E-state index is 0.151. The number of carbonyl (C=O) groups is 2. The molecule has 2 heterocycles. The summed E-state index contributed by atoms with van der Waals surface area (Å²) >= 11 is 0. The molecule has 2 N–H and O–H groups in total. The number of aliphatic hydroxyl groups excluding tert-OH is 1. The van der Waals surface area contributed by atoms with Crippen molar-refractivity contribution in [2.75, 3.05) is 19.7 Å². The van der Waals surface area contributed by atoms with Gasteiger partial charge in [-0.1, -0.05) is 19.4 Å². The van der Waals surface area contributed by atoms with E-state index in [2.05, 4.69) is 18.3 Å². The van der Waals surface area contributed by atoms with Crippen molar-refractivity contribution >= 4 is 22.8 Å². The molecule has 6 nitrogen and oxygen atoms in total. The van der Waals surface area contributed by atoms with Gasteiger partial charge in [-0.3, -0.25) is 9.59 Å². The Morgan fingerprint density at radius 2 is 2.24 bits per heavy atom. The summed E-state index contributed by atoms with van der Waals surface area (Å²) in [5, 5.41) is 12.9. The zero-order valence-corrected chi connectivity index (χ0v) is 14.7. The number of amides is 2. The highest BCUT2D eigenvalue weighted by Crippen LogP contribution is 2.28. The highest BCUT2D eigenvalue weighted by Gasteiger charge is 2.35. The second-order valence-corrected chi connectivity index (χ2v) is 6.45. The number of hydrogen-bond acceptors (Lipinski definition) is 4. The number of nitrogens with one attached hydrogen (secondary N) is 1. The SMILES string of the molecule is CCCc1ccc2oc(C(=O)N3CCNC(=O)C3CCO)c(C)c2c1. The standard InChI is InChI=1S/C19H24N2O4/c1-3-4-13-5-6-16-14(11-13)12(2)17(25-16)19(24)21-9-8-20-18(23)15(21)7-10-22/h5-6,11,15,22H,3-4,7-10H2,1-2H3,(H,20,23). The van der Waals surface area contributed by atoms with Crippen molar-refractivity contribution in [3.63, 3.8) is 0 Å². The lowest BCUT2D eigenvalue weighted by atomic mass is 10.0. The summed E-state index contributed by atoms with van der Waals surface area (Å²) in [6, 6.07) is 5.33. The van der Waals surface area contributed by atoms with Gasteiger partial charge in [-0.05, 0) is 37.5 Å². The van der Waals surface area contributed by atoms with Crippen LogP contribution in [0.5, 0.6) is 0 Å².